The van der Waals surface area contributed by atoms with Crippen LogP contribution in [0.4, 0.5) is 0 Å². The number of hydrogen-bond acceptors (Lipinski definition) is 6. The molecule has 5 aromatic rings. The van der Waals surface area contributed by atoms with Gasteiger partial charge in [0.05, 0.1) is 18.3 Å². The Bertz CT molecular complexity index is 1740. The van der Waals surface area contributed by atoms with Crippen LogP contribution in [0.15, 0.2) is 90.0 Å². The number of nitrogens with zero attached hydrogens (tertiary/aromatic N) is 3. The summed E-state index contributed by atoms with van der Waals surface area (Å²) >= 11 is 7.41. The third-order valence-electron chi connectivity index (χ3n) is 7.46. The standard InChI is InChI=1S/C32H28ClN3O4S/c1-39-28-17-25(36-20-34-26-18-29(41-31(26)32(36)38)23-7-9-24(33)10-8-23)11-12-27(28)40-19-30(37)35-15-13-22(14-16-35)21-5-3-2-4-6-21/h2-12,17-18,20,22H,13-16,19H2,1H3. The van der Waals surface area contributed by atoms with Gasteiger partial charge >= 0.3 is 0 Å². The minimum atomic E-state index is -0.176. The number of fused-ring (bicyclic) bond motifs is 1. The van der Waals surface area contributed by atoms with Crippen LogP contribution in [0.5, 0.6) is 11.5 Å². The second-order valence-electron chi connectivity index (χ2n) is 9.94. The van der Waals surface area contributed by atoms with Crippen molar-refractivity contribution < 1.29 is 14.3 Å². The smallest absolute Gasteiger partial charge is 0.275 e. The van der Waals surface area contributed by atoms with Crippen molar-refractivity contribution in [2.24, 2.45) is 0 Å². The van der Waals surface area contributed by atoms with Crippen molar-refractivity contribution in [3.63, 3.8) is 0 Å². The zero-order valence-corrected chi connectivity index (χ0v) is 24.0. The Labute approximate surface area is 246 Å². The van der Waals surface area contributed by atoms with Crippen LogP contribution in [0.1, 0.15) is 24.3 Å². The number of thiophene rings is 1. The van der Waals surface area contributed by atoms with Gasteiger partial charge in [-0.15, -0.1) is 11.3 Å². The van der Waals surface area contributed by atoms with Gasteiger partial charge < -0.3 is 14.4 Å². The van der Waals surface area contributed by atoms with Crippen LogP contribution >= 0.6 is 22.9 Å². The summed E-state index contributed by atoms with van der Waals surface area (Å²) in [6.07, 6.45) is 3.39. The first kappa shape index (κ1) is 27.1. The molecule has 0 N–H and O–H groups in total. The molecule has 1 aliphatic rings. The molecule has 0 spiro atoms. The predicted octanol–water partition coefficient (Wildman–Crippen LogP) is 6.56. The van der Waals surface area contributed by atoms with Gasteiger partial charge in [-0.2, -0.15) is 0 Å². The third kappa shape index (κ3) is 5.71. The average Bonchev–Trinajstić information content (AvgIpc) is 3.46. The molecule has 1 fully saturated rings. The molecule has 0 unspecified atom stereocenters. The van der Waals surface area contributed by atoms with E-state index >= 15 is 0 Å². The lowest BCUT2D eigenvalue weighted by molar-refractivity contribution is -0.134. The summed E-state index contributed by atoms with van der Waals surface area (Å²) in [5.74, 6) is 1.29. The van der Waals surface area contributed by atoms with Crippen molar-refractivity contribution in [2.45, 2.75) is 18.8 Å². The van der Waals surface area contributed by atoms with Crippen LogP contribution in [0, 0.1) is 0 Å². The van der Waals surface area contributed by atoms with Crippen LogP contribution in [0.2, 0.25) is 5.02 Å². The number of methoxy groups -OCH3 is 1. The van der Waals surface area contributed by atoms with Gasteiger partial charge in [0.25, 0.3) is 11.5 Å². The molecule has 0 atom stereocenters. The number of amides is 1. The highest BCUT2D eigenvalue weighted by Gasteiger charge is 2.24. The predicted molar refractivity (Wildman–Crippen MR) is 163 cm³/mol. The van der Waals surface area contributed by atoms with Gasteiger partial charge in [-0.05, 0) is 60.2 Å². The van der Waals surface area contributed by atoms with E-state index in [4.69, 9.17) is 21.1 Å². The molecule has 0 aliphatic carbocycles. The van der Waals surface area contributed by atoms with Crippen LogP contribution < -0.4 is 15.0 Å². The van der Waals surface area contributed by atoms with Gasteiger partial charge in [0.2, 0.25) is 0 Å². The molecule has 7 nitrogen and oxygen atoms in total. The van der Waals surface area contributed by atoms with Crippen LogP contribution in [0.25, 0.3) is 26.3 Å². The average molecular weight is 586 g/mol. The Kier molecular flexibility index (Phi) is 7.76. The monoisotopic (exact) mass is 585 g/mol. The maximum absolute atomic E-state index is 13.4. The van der Waals surface area contributed by atoms with Gasteiger partial charge in [-0.3, -0.25) is 14.2 Å². The van der Waals surface area contributed by atoms with Crippen molar-refractivity contribution in [1.82, 2.24) is 14.5 Å². The van der Waals surface area contributed by atoms with E-state index in [9.17, 15) is 9.59 Å². The van der Waals surface area contributed by atoms with Gasteiger partial charge in [-0.25, -0.2) is 4.98 Å². The Morgan fingerprint density at radius 1 is 1.00 bits per heavy atom. The quantitative estimate of drug-likeness (QED) is 0.216. The van der Waals surface area contributed by atoms with Gasteiger partial charge in [-0.1, -0.05) is 54.1 Å². The molecular formula is C32H28ClN3O4S. The Morgan fingerprint density at radius 2 is 1.76 bits per heavy atom. The van der Waals surface area contributed by atoms with Crippen LogP contribution in [0.3, 0.4) is 0 Å². The summed E-state index contributed by atoms with van der Waals surface area (Å²) in [4.78, 5) is 33.6. The number of hydrogen-bond donors (Lipinski definition) is 0. The minimum absolute atomic E-state index is 0.0531. The van der Waals surface area contributed by atoms with Crippen molar-refractivity contribution in [1.29, 1.82) is 0 Å². The van der Waals surface area contributed by atoms with Crippen molar-refractivity contribution in [2.75, 3.05) is 26.8 Å². The molecule has 6 rings (SSSR count). The van der Waals surface area contributed by atoms with Crippen molar-refractivity contribution in [3.8, 4) is 27.6 Å². The molecular weight excluding hydrogens is 558 g/mol. The molecule has 0 bridgehead atoms. The van der Waals surface area contributed by atoms with Crippen LogP contribution in [-0.4, -0.2) is 47.2 Å². The molecule has 3 aromatic carbocycles. The maximum atomic E-state index is 13.4. The first-order valence-electron chi connectivity index (χ1n) is 13.4. The number of rotatable bonds is 7. The fourth-order valence-electron chi connectivity index (χ4n) is 5.20. The lowest BCUT2D eigenvalue weighted by atomic mass is 9.89. The van der Waals surface area contributed by atoms with E-state index in [2.05, 4.69) is 29.2 Å². The molecule has 0 saturated carbocycles. The number of halogens is 1. The van der Waals surface area contributed by atoms with Gasteiger partial charge in [0, 0.05) is 29.1 Å². The Morgan fingerprint density at radius 3 is 2.49 bits per heavy atom. The summed E-state index contributed by atoms with van der Waals surface area (Å²) in [6.45, 7) is 1.33. The number of carbonyl (C=O) groups is 1. The summed E-state index contributed by atoms with van der Waals surface area (Å²) < 4.78 is 13.5. The Balaban J connectivity index is 1.14. The number of likely N-dealkylation sites (tertiary alicyclic amines) is 1. The highest BCUT2D eigenvalue weighted by molar-refractivity contribution is 7.22. The van der Waals surface area contributed by atoms with Crippen LogP contribution in [-0.2, 0) is 4.79 Å². The van der Waals surface area contributed by atoms with Gasteiger partial charge in [0.1, 0.15) is 11.0 Å². The van der Waals surface area contributed by atoms with E-state index in [1.165, 1.54) is 34.9 Å². The van der Waals surface area contributed by atoms with E-state index in [0.29, 0.717) is 51.4 Å². The molecule has 1 saturated heterocycles. The second kappa shape index (κ2) is 11.8. The zero-order valence-electron chi connectivity index (χ0n) is 22.5. The highest BCUT2D eigenvalue weighted by Crippen LogP contribution is 2.33. The minimum Gasteiger partial charge on any atom is -0.493 e. The number of aromatic nitrogens is 2. The van der Waals surface area contributed by atoms with E-state index < -0.39 is 0 Å². The molecule has 9 heteroatoms. The first-order valence-corrected chi connectivity index (χ1v) is 14.6. The highest BCUT2D eigenvalue weighted by atomic mass is 35.5. The summed E-state index contributed by atoms with van der Waals surface area (Å²) in [6, 6.07) is 25.1. The fourth-order valence-corrected chi connectivity index (χ4v) is 6.37. The molecule has 0 radical (unpaired) electrons. The SMILES string of the molecule is COc1cc(-n2cnc3cc(-c4ccc(Cl)cc4)sc3c2=O)ccc1OCC(=O)N1CCC(c2ccccc2)CC1. The fraction of sp³-hybridized carbons (Fsp3) is 0.219. The molecule has 3 heterocycles. The first-order chi connectivity index (χ1) is 20.0. The molecule has 1 amide bonds. The number of piperidine rings is 1. The molecule has 2 aromatic heterocycles. The Hall–Kier alpha value is -4.14. The lowest BCUT2D eigenvalue weighted by Gasteiger charge is -2.32. The van der Waals surface area contributed by atoms with Gasteiger partial charge in [0.15, 0.2) is 18.1 Å². The maximum Gasteiger partial charge on any atom is 0.275 e. The van der Waals surface area contributed by atoms with Crippen molar-refractivity contribution >= 4 is 39.1 Å². The lowest BCUT2D eigenvalue weighted by Crippen LogP contribution is -2.40. The molecule has 208 valence electrons. The summed E-state index contributed by atoms with van der Waals surface area (Å²) in [7, 11) is 1.53. The van der Waals surface area contributed by atoms with Crippen molar-refractivity contribution in [3.05, 3.63) is 106 Å². The zero-order chi connectivity index (χ0) is 28.3. The summed E-state index contributed by atoms with van der Waals surface area (Å²) in [5.41, 5.74) is 3.35. The van der Waals surface area contributed by atoms with E-state index in [-0.39, 0.29) is 18.1 Å². The van der Waals surface area contributed by atoms with E-state index in [0.717, 1.165) is 23.3 Å². The molecule has 1 aliphatic heterocycles. The number of carbonyl (C=O) groups excluding carboxylic acids is 1. The summed E-state index contributed by atoms with van der Waals surface area (Å²) in [5, 5.41) is 0.657. The topological polar surface area (TPSA) is 73.7 Å². The number of ether oxygens (including phenoxy) is 2. The third-order valence-corrected chi connectivity index (χ3v) is 8.88. The molecule has 41 heavy (non-hydrogen) atoms. The normalized spacial score (nSPS) is 13.9. The second-order valence-corrected chi connectivity index (χ2v) is 11.4. The number of benzene rings is 3. The van der Waals surface area contributed by atoms with E-state index in [1.807, 2.05) is 41.3 Å². The van der Waals surface area contributed by atoms with E-state index in [1.54, 1.807) is 18.2 Å². The largest absolute Gasteiger partial charge is 0.493 e.